The van der Waals surface area contributed by atoms with Gasteiger partial charge in [0.05, 0.1) is 12.1 Å². The van der Waals surface area contributed by atoms with Gasteiger partial charge in [-0.1, -0.05) is 20.8 Å². The van der Waals surface area contributed by atoms with Crippen molar-refractivity contribution in [1.29, 1.82) is 0 Å². The predicted octanol–water partition coefficient (Wildman–Crippen LogP) is 1.45. The lowest BCUT2D eigenvalue weighted by molar-refractivity contribution is -0.131. The van der Waals surface area contributed by atoms with Crippen LogP contribution in [0.3, 0.4) is 0 Å². The maximum atomic E-state index is 12.2. The molecule has 0 aromatic rings. The van der Waals surface area contributed by atoms with E-state index < -0.39 is 0 Å². The Balaban J connectivity index is 2.80. The lowest BCUT2D eigenvalue weighted by Gasteiger charge is -2.31. The number of nitrogens with zero attached hydrogens (tertiary/aromatic N) is 1. The summed E-state index contributed by atoms with van der Waals surface area (Å²) in [5, 5.41) is 9.64. The third kappa shape index (κ3) is 2.79. The molecule has 3 nitrogen and oxygen atoms in total. The highest BCUT2D eigenvalue weighted by molar-refractivity contribution is 5.89. The Bertz CT molecular complexity index is 242. The SMILES string of the molecule is CC(C)N1C[C@@H](O)CC1C(=O)C(C)(C)C. The van der Waals surface area contributed by atoms with E-state index in [-0.39, 0.29) is 23.3 Å². The second kappa shape index (κ2) is 4.22. The molecule has 0 bridgehead atoms. The molecule has 1 aliphatic rings. The summed E-state index contributed by atoms with van der Waals surface area (Å²) in [6, 6.07) is 0.221. The summed E-state index contributed by atoms with van der Waals surface area (Å²) in [5.74, 6) is 0.243. The largest absolute Gasteiger partial charge is 0.392 e. The number of β-amino-alcohol motifs (C(OH)–C–C–N with tert-alkyl or cyclic N) is 1. The Morgan fingerprint density at radius 1 is 1.40 bits per heavy atom. The first kappa shape index (κ1) is 12.7. The van der Waals surface area contributed by atoms with Crippen molar-refractivity contribution in [2.24, 2.45) is 5.41 Å². The molecule has 0 aromatic carbocycles. The molecule has 15 heavy (non-hydrogen) atoms. The third-order valence-corrected chi connectivity index (χ3v) is 3.02. The first-order valence-electron chi connectivity index (χ1n) is 5.71. The zero-order chi connectivity index (χ0) is 11.8. The highest BCUT2D eigenvalue weighted by Gasteiger charge is 2.40. The van der Waals surface area contributed by atoms with Crippen LogP contribution in [-0.4, -0.2) is 40.5 Å². The van der Waals surface area contributed by atoms with Crippen LogP contribution in [0.2, 0.25) is 0 Å². The number of aliphatic hydroxyl groups excluding tert-OH is 1. The molecular weight excluding hydrogens is 190 g/mol. The molecule has 3 heteroatoms. The minimum absolute atomic E-state index is 0.0972. The molecule has 0 spiro atoms. The Kier molecular flexibility index (Phi) is 3.56. The molecule has 0 radical (unpaired) electrons. The van der Waals surface area contributed by atoms with Crippen LogP contribution in [-0.2, 0) is 4.79 Å². The van der Waals surface area contributed by atoms with E-state index in [0.29, 0.717) is 19.0 Å². The van der Waals surface area contributed by atoms with Crippen molar-refractivity contribution < 1.29 is 9.90 Å². The monoisotopic (exact) mass is 213 g/mol. The third-order valence-electron chi connectivity index (χ3n) is 3.02. The molecule has 1 rings (SSSR count). The van der Waals surface area contributed by atoms with Crippen LogP contribution in [0.15, 0.2) is 0 Å². The van der Waals surface area contributed by atoms with Crippen molar-refractivity contribution in [1.82, 2.24) is 4.90 Å². The zero-order valence-corrected chi connectivity index (χ0v) is 10.4. The van der Waals surface area contributed by atoms with E-state index in [1.54, 1.807) is 0 Å². The standard InChI is InChI=1S/C12H23NO2/c1-8(2)13-7-9(14)6-10(13)11(15)12(3,4)5/h8-10,14H,6-7H2,1-5H3/t9-,10?/m0/s1. The summed E-state index contributed by atoms with van der Waals surface area (Å²) in [6.07, 6.45) is 0.248. The summed E-state index contributed by atoms with van der Waals surface area (Å²) in [7, 11) is 0. The summed E-state index contributed by atoms with van der Waals surface area (Å²) in [5.41, 5.74) is -0.318. The van der Waals surface area contributed by atoms with E-state index in [1.165, 1.54) is 0 Å². The van der Waals surface area contributed by atoms with Gasteiger partial charge in [-0.25, -0.2) is 0 Å². The van der Waals surface area contributed by atoms with Crippen molar-refractivity contribution in [3.05, 3.63) is 0 Å². The summed E-state index contributed by atoms with van der Waals surface area (Å²) in [4.78, 5) is 14.3. The van der Waals surface area contributed by atoms with E-state index in [0.717, 1.165) is 0 Å². The molecule has 1 aliphatic heterocycles. The van der Waals surface area contributed by atoms with Crippen molar-refractivity contribution >= 4 is 5.78 Å². The van der Waals surface area contributed by atoms with Crippen molar-refractivity contribution in [3.8, 4) is 0 Å². The number of Topliss-reactive ketones (excluding diaryl/α,β-unsaturated/α-hetero) is 1. The molecule has 1 saturated heterocycles. The van der Waals surface area contributed by atoms with Gasteiger partial charge in [-0.05, 0) is 20.3 Å². The number of hydrogen-bond acceptors (Lipinski definition) is 3. The average Bonchev–Trinajstić information content (AvgIpc) is 2.44. The predicted molar refractivity (Wildman–Crippen MR) is 60.7 cm³/mol. The molecule has 88 valence electrons. The minimum Gasteiger partial charge on any atom is -0.392 e. The topological polar surface area (TPSA) is 40.5 Å². The number of hydrogen-bond donors (Lipinski definition) is 1. The lowest BCUT2D eigenvalue weighted by Crippen LogP contribution is -2.45. The number of rotatable bonds is 2. The van der Waals surface area contributed by atoms with Gasteiger partial charge < -0.3 is 5.11 Å². The number of ketones is 1. The van der Waals surface area contributed by atoms with Crippen molar-refractivity contribution in [2.45, 2.75) is 59.2 Å². The van der Waals surface area contributed by atoms with Gasteiger partial charge in [-0.2, -0.15) is 0 Å². The minimum atomic E-state index is -0.344. The molecule has 1 heterocycles. The van der Waals surface area contributed by atoms with Crippen molar-refractivity contribution in [3.63, 3.8) is 0 Å². The van der Waals surface area contributed by atoms with Crippen molar-refractivity contribution in [2.75, 3.05) is 6.54 Å². The average molecular weight is 213 g/mol. The number of likely N-dealkylation sites (tertiary alicyclic amines) is 1. The van der Waals surface area contributed by atoms with Gasteiger partial charge in [0.1, 0.15) is 0 Å². The van der Waals surface area contributed by atoms with Gasteiger partial charge in [0.15, 0.2) is 5.78 Å². The van der Waals surface area contributed by atoms with Gasteiger partial charge >= 0.3 is 0 Å². The fourth-order valence-electron chi connectivity index (χ4n) is 2.17. The number of aliphatic hydroxyl groups is 1. The first-order chi connectivity index (χ1) is 6.73. The number of carbonyl (C=O) groups is 1. The molecule has 0 aromatic heterocycles. The molecule has 0 amide bonds. The van der Waals surface area contributed by atoms with Crippen LogP contribution < -0.4 is 0 Å². The van der Waals surface area contributed by atoms with E-state index in [2.05, 4.69) is 18.7 Å². The zero-order valence-electron chi connectivity index (χ0n) is 10.4. The highest BCUT2D eigenvalue weighted by Crippen LogP contribution is 2.28. The van der Waals surface area contributed by atoms with E-state index in [1.807, 2.05) is 20.8 Å². The molecule has 2 atom stereocenters. The maximum Gasteiger partial charge on any atom is 0.155 e. The van der Waals surface area contributed by atoms with Crippen LogP contribution in [0.5, 0.6) is 0 Å². The Morgan fingerprint density at radius 3 is 2.33 bits per heavy atom. The summed E-state index contributed by atoms with van der Waals surface area (Å²) in [6.45, 7) is 10.6. The Labute approximate surface area is 92.5 Å². The van der Waals surface area contributed by atoms with Crippen LogP contribution in [0, 0.1) is 5.41 Å². The van der Waals surface area contributed by atoms with Crippen LogP contribution in [0.25, 0.3) is 0 Å². The molecule has 1 N–H and O–H groups in total. The summed E-state index contributed by atoms with van der Waals surface area (Å²) >= 11 is 0. The van der Waals surface area contributed by atoms with E-state index >= 15 is 0 Å². The normalized spacial score (nSPS) is 28.7. The van der Waals surface area contributed by atoms with Gasteiger partial charge in [-0.3, -0.25) is 9.69 Å². The fraction of sp³-hybridized carbons (Fsp3) is 0.917. The van der Waals surface area contributed by atoms with Crippen LogP contribution >= 0.6 is 0 Å². The van der Waals surface area contributed by atoms with Crippen LogP contribution in [0.4, 0.5) is 0 Å². The Morgan fingerprint density at radius 2 is 1.93 bits per heavy atom. The van der Waals surface area contributed by atoms with E-state index in [4.69, 9.17) is 0 Å². The summed E-state index contributed by atoms with van der Waals surface area (Å²) < 4.78 is 0. The maximum absolute atomic E-state index is 12.2. The van der Waals surface area contributed by atoms with E-state index in [9.17, 15) is 9.90 Å². The Hall–Kier alpha value is -0.410. The smallest absolute Gasteiger partial charge is 0.155 e. The number of carbonyl (C=O) groups excluding carboxylic acids is 1. The fourth-order valence-corrected chi connectivity index (χ4v) is 2.17. The first-order valence-corrected chi connectivity index (χ1v) is 5.71. The molecule has 1 fully saturated rings. The highest BCUT2D eigenvalue weighted by atomic mass is 16.3. The molecule has 0 saturated carbocycles. The molecule has 0 aliphatic carbocycles. The quantitative estimate of drug-likeness (QED) is 0.754. The molecule has 1 unspecified atom stereocenters. The van der Waals surface area contributed by atoms with Crippen LogP contribution in [0.1, 0.15) is 41.0 Å². The van der Waals surface area contributed by atoms with Gasteiger partial charge in [-0.15, -0.1) is 0 Å². The second-order valence-electron chi connectivity index (χ2n) is 5.81. The molecular formula is C12H23NO2. The second-order valence-corrected chi connectivity index (χ2v) is 5.81. The lowest BCUT2D eigenvalue weighted by atomic mass is 9.85. The van der Waals surface area contributed by atoms with Gasteiger partial charge in [0, 0.05) is 18.0 Å². The van der Waals surface area contributed by atoms with Gasteiger partial charge in [0.2, 0.25) is 0 Å². The van der Waals surface area contributed by atoms with Gasteiger partial charge in [0.25, 0.3) is 0 Å².